The van der Waals surface area contributed by atoms with Gasteiger partial charge >= 0.3 is 12.0 Å². The molecule has 1 heterocycles. The number of rotatable bonds is 4. The van der Waals surface area contributed by atoms with Gasteiger partial charge < -0.3 is 20.6 Å². The number of benzene rings is 1. The van der Waals surface area contributed by atoms with Crippen molar-refractivity contribution in [1.29, 1.82) is 0 Å². The highest BCUT2D eigenvalue weighted by Gasteiger charge is 2.55. The van der Waals surface area contributed by atoms with Crippen LogP contribution in [0.15, 0.2) is 18.2 Å². The molecule has 1 aliphatic heterocycles. The standard InChI is InChI=1S/C19H22ClN3O4/c20-15-6-5-13(8-14(15)16(24)21-12-3-4-12)22-18(27)23-9-11-2-1-7-19(11,10-23)17(25)26/h5-6,8,11-12H,1-4,7,9-10H2,(H,21,24)(H,22,27)(H,25,26)/t11-,19+/m0/s1. The maximum atomic E-state index is 12.7. The third-order valence-electron chi connectivity index (χ3n) is 5.96. The number of halogens is 1. The zero-order chi connectivity index (χ0) is 19.2. The molecule has 3 N–H and O–H groups in total. The van der Waals surface area contributed by atoms with Crippen molar-refractivity contribution in [3.05, 3.63) is 28.8 Å². The van der Waals surface area contributed by atoms with E-state index in [1.807, 2.05) is 0 Å². The highest BCUT2D eigenvalue weighted by Crippen LogP contribution is 2.48. The van der Waals surface area contributed by atoms with Gasteiger partial charge in [0.05, 0.1) is 16.0 Å². The van der Waals surface area contributed by atoms with Crippen molar-refractivity contribution in [2.24, 2.45) is 11.3 Å². The molecule has 8 heteroatoms. The molecule has 0 bridgehead atoms. The first-order valence-electron chi connectivity index (χ1n) is 9.29. The molecule has 27 heavy (non-hydrogen) atoms. The summed E-state index contributed by atoms with van der Waals surface area (Å²) in [5.41, 5.74) is -0.0273. The maximum absolute atomic E-state index is 12.7. The molecule has 2 atom stereocenters. The monoisotopic (exact) mass is 391 g/mol. The SMILES string of the molecule is O=C(NC1CC1)c1cc(NC(=O)N2C[C@@H]3CCC[C@@]3(C(=O)O)C2)ccc1Cl. The normalized spacial score (nSPS) is 26.6. The van der Waals surface area contributed by atoms with Gasteiger partial charge in [-0.2, -0.15) is 0 Å². The highest BCUT2D eigenvalue weighted by molar-refractivity contribution is 6.34. The second kappa shape index (κ2) is 6.71. The van der Waals surface area contributed by atoms with Gasteiger partial charge in [-0.3, -0.25) is 9.59 Å². The number of urea groups is 1. The van der Waals surface area contributed by atoms with Crippen LogP contribution in [0.25, 0.3) is 0 Å². The molecular formula is C19H22ClN3O4. The molecule has 1 aromatic carbocycles. The number of likely N-dealkylation sites (tertiary alicyclic amines) is 1. The number of nitrogens with zero attached hydrogens (tertiary/aromatic N) is 1. The Labute approximate surface area is 162 Å². The molecule has 0 aromatic heterocycles. The molecule has 3 aliphatic rings. The summed E-state index contributed by atoms with van der Waals surface area (Å²) in [4.78, 5) is 38.3. The molecule has 1 aromatic rings. The summed E-state index contributed by atoms with van der Waals surface area (Å²) in [5, 5.41) is 15.6. The molecule has 3 amide bonds. The molecular weight excluding hydrogens is 370 g/mol. The molecule has 3 fully saturated rings. The number of carboxylic acid groups (broad SMARTS) is 1. The van der Waals surface area contributed by atoms with Crippen LogP contribution in [0, 0.1) is 11.3 Å². The molecule has 2 aliphatic carbocycles. The van der Waals surface area contributed by atoms with Gasteiger partial charge in [-0.25, -0.2) is 4.79 Å². The lowest BCUT2D eigenvalue weighted by molar-refractivity contribution is -0.149. The van der Waals surface area contributed by atoms with Gasteiger partial charge in [0.25, 0.3) is 5.91 Å². The minimum Gasteiger partial charge on any atom is -0.481 e. The maximum Gasteiger partial charge on any atom is 0.321 e. The zero-order valence-corrected chi connectivity index (χ0v) is 15.6. The van der Waals surface area contributed by atoms with E-state index in [4.69, 9.17) is 11.6 Å². The second-order valence-corrected chi connectivity index (χ2v) is 8.21. The average Bonchev–Trinajstić information content (AvgIpc) is 3.20. The summed E-state index contributed by atoms with van der Waals surface area (Å²) in [5.74, 6) is -1.06. The van der Waals surface area contributed by atoms with Gasteiger partial charge in [0, 0.05) is 24.8 Å². The third-order valence-corrected chi connectivity index (χ3v) is 6.29. The zero-order valence-electron chi connectivity index (χ0n) is 14.8. The largest absolute Gasteiger partial charge is 0.481 e. The smallest absolute Gasteiger partial charge is 0.321 e. The van der Waals surface area contributed by atoms with Gasteiger partial charge in [-0.1, -0.05) is 18.0 Å². The van der Waals surface area contributed by atoms with Crippen LogP contribution in [0.5, 0.6) is 0 Å². The van der Waals surface area contributed by atoms with Crippen molar-refractivity contribution in [3.63, 3.8) is 0 Å². The summed E-state index contributed by atoms with van der Waals surface area (Å²) < 4.78 is 0. The van der Waals surface area contributed by atoms with Gasteiger partial charge in [-0.05, 0) is 49.8 Å². The minimum atomic E-state index is -0.814. The van der Waals surface area contributed by atoms with E-state index >= 15 is 0 Å². The predicted molar refractivity (Wildman–Crippen MR) is 99.9 cm³/mol. The highest BCUT2D eigenvalue weighted by atomic mass is 35.5. The summed E-state index contributed by atoms with van der Waals surface area (Å²) in [6.07, 6.45) is 4.29. The van der Waals surface area contributed by atoms with E-state index in [-0.39, 0.29) is 30.4 Å². The minimum absolute atomic E-state index is 0.00542. The second-order valence-electron chi connectivity index (χ2n) is 7.80. The lowest BCUT2D eigenvalue weighted by atomic mass is 9.81. The quantitative estimate of drug-likeness (QED) is 0.734. The number of carbonyl (C=O) groups is 3. The molecule has 1 saturated heterocycles. The Morgan fingerprint density at radius 3 is 2.67 bits per heavy atom. The number of anilines is 1. The van der Waals surface area contributed by atoms with Crippen LogP contribution < -0.4 is 10.6 Å². The van der Waals surface area contributed by atoms with Crippen molar-refractivity contribution in [2.75, 3.05) is 18.4 Å². The number of nitrogens with one attached hydrogen (secondary N) is 2. The van der Waals surface area contributed by atoms with Crippen molar-refractivity contribution in [1.82, 2.24) is 10.2 Å². The molecule has 4 rings (SSSR count). The first kappa shape index (κ1) is 18.1. The number of carboxylic acids is 1. The fraction of sp³-hybridized carbons (Fsp3) is 0.526. The number of carbonyl (C=O) groups excluding carboxylic acids is 2. The van der Waals surface area contributed by atoms with E-state index in [1.54, 1.807) is 23.1 Å². The van der Waals surface area contributed by atoms with Crippen LogP contribution in [-0.4, -0.2) is 47.0 Å². The van der Waals surface area contributed by atoms with Crippen LogP contribution >= 0.6 is 11.6 Å². The van der Waals surface area contributed by atoms with Crippen molar-refractivity contribution in [2.45, 2.75) is 38.1 Å². The van der Waals surface area contributed by atoms with Crippen LogP contribution in [-0.2, 0) is 4.79 Å². The molecule has 0 radical (unpaired) electrons. The van der Waals surface area contributed by atoms with E-state index in [1.165, 1.54) is 0 Å². The van der Waals surface area contributed by atoms with Crippen molar-refractivity contribution < 1.29 is 19.5 Å². The van der Waals surface area contributed by atoms with E-state index in [9.17, 15) is 19.5 Å². The fourth-order valence-electron chi connectivity index (χ4n) is 4.26. The predicted octanol–water partition coefficient (Wildman–Crippen LogP) is 2.95. The summed E-state index contributed by atoms with van der Waals surface area (Å²) in [7, 11) is 0. The van der Waals surface area contributed by atoms with Crippen molar-refractivity contribution >= 4 is 35.2 Å². The van der Waals surface area contributed by atoms with E-state index in [0.717, 1.165) is 25.7 Å². The number of fused-ring (bicyclic) bond motifs is 1. The number of aliphatic carboxylic acids is 1. The Morgan fingerprint density at radius 1 is 1.22 bits per heavy atom. The number of hydrogen-bond donors (Lipinski definition) is 3. The van der Waals surface area contributed by atoms with E-state index < -0.39 is 11.4 Å². The van der Waals surface area contributed by atoms with E-state index in [0.29, 0.717) is 29.2 Å². The topological polar surface area (TPSA) is 98.7 Å². The van der Waals surface area contributed by atoms with Crippen LogP contribution in [0.4, 0.5) is 10.5 Å². The Morgan fingerprint density at radius 2 is 2.00 bits per heavy atom. The summed E-state index contributed by atoms with van der Waals surface area (Å²) in [6.45, 7) is 0.669. The van der Waals surface area contributed by atoms with E-state index in [2.05, 4.69) is 10.6 Å². The van der Waals surface area contributed by atoms with Gasteiger partial charge in [0.2, 0.25) is 0 Å². The third kappa shape index (κ3) is 3.36. The fourth-order valence-corrected chi connectivity index (χ4v) is 4.47. The Hall–Kier alpha value is -2.28. The van der Waals surface area contributed by atoms with Crippen LogP contribution in [0.3, 0.4) is 0 Å². The lowest BCUT2D eigenvalue weighted by Gasteiger charge is -2.23. The molecule has 0 unspecified atom stereocenters. The Kier molecular flexibility index (Phi) is 4.50. The van der Waals surface area contributed by atoms with Gasteiger partial charge in [-0.15, -0.1) is 0 Å². The van der Waals surface area contributed by atoms with Crippen LogP contribution in [0.2, 0.25) is 5.02 Å². The molecule has 144 valence electrons. The first-order valence-corrected chi connectivity index (χ1v) is 9.66. The Balaban J connectivity index is 1.45. The summed E-state index contributed by atoms with van der Waals surface area (Å²) >= 11 is 6.13. The average molecular weight is 392 g/mol. The molecule has 2 saturated carbocycles. The number of hydrogen-bond acceptors (Lipinski definition) is 3. The first-order chi connectivity index (χ1) is 12.9. The lowest BCUT2D eigenvalue weighted by Crippen LogP contribution is -2.38. The molecule has 0 spiro atoms. The van der Waals surface area contributed by atoms with Crippen LogP contribution in [0.1, 0.15) is 42.5 Å². The summed E-state index contributed by atoms with van der Waals surface area (Å²) in [6, 6.07) is 4.64. The Bertz CT molecular complexity index is 810. The molecule has 7 nitrogen and oxygen atoms in total. The van der Waals surface area contributed by atoms with Gasteiger partial charge in [0.1, 0.15) is 0 Å². The van der Waals surface area contributed by atoms with Crippen molar-refractivity contribution in [3.8, 4) is 0 Å². The van der Waals surface area contributed by atoms with Gasteiger partial charge in [0.15, 0.2) is 0 Å². The number of amides is 3.